The second-order valence-corrected chi connectivity index (χ2v) is 5.67. The lowest BCUT2D eigenvalue weighted by Crippen LogP contribution is -2.34. The molecule has 0 radical (unpaired) electrons. The molecule has 1 amide bonds. The van der Waals surface area contributed by atoms with Gasteiger partial charge in [0.15, 0.2) is 11.6 Å². The van der Waals surface area contributed by atoms with Crippen LogP contribution in [0.1, 0.15) is 30.1 Å². The maximum atomic E-state index is 13.6. The molecule has 1 unspecified atom stereocenters. The van der Waals surface area contributed by atoms with Crippen molar-refractivity contribution in [1.29, 1.82) is 0 Å². The Morgan fingerprint density at radius 1 is 1.43 bits per heavy atom. The van der Waals surface area contributed by atoms with Crippen LogP contribution in [0.25, 0.3) is 0 Å². The molecule has 5 heteroatoms. The Hall–Kier alpha value is -1.62. The van der Waals surface area contributed by atoms with Crippen molar-refractivity contribution in [3.8, 4) is 5.75 Å². The van der Waals surface area contributed by atoms with Gasteiger partial charge in [0.1, 0.15) is 0 Å². The van der Waals surface area contributed by atoms with E-state index in [-0.39, 0.29) is 11.7 Å². The van der Waals surface area contributed by atoms with Gasteiger partial charge in [-0.15, -0.1) is 0 Å². The van der Waals surface area contributed by atoms with Crippen molar-refractivity contribution in [2.75, 3.05) is 33.3 Å². The highest BCUT2D eigenvalue weighted by Gasteiger charge is 2.16. The molecule has 1 aliphatic rings. The molecule has 0 bridgehead atoms. The zero-order chi connectivity index (χ0) is 15.2. The zero-order valence-electron chi connectivity index (χ0n) is 12.7. The smallest absolute Gasteiger partial charge is 0.251 e. The Morgan fingerprint density at radius 2 is 2.14 bits per heavy atom. The second-order valence-electron chi connectivity index (χ2n) is 5.67. The molecule has 0 aromatic heterocycles. The quantitative estimate of drug-likeness (QED) is 0.875. The van der Waals surface area contributed by atoms with Crippen molar-refractivity contribution in [2.24, 2.45) is 5.92 Å². The minimum Gasteiger partial charge on any atom is -0.494 e. The topological polar surface area (TPSA) is 41.6 Å². The average Bonchev–Trinajstić information content (AvgIpc) is 2.97. The normalized spacial score (nSPS) is 16.7. The van der Waals surface area contributed by atoms with Crippen LogP contribution in [0.15, 0.2) is 18.2 Å². The highest BCUT2D eigenvalue weighted by Crippen LogP contribution is 2.17. The maximum Gasteiger partial charge on any atom is 0.251 e. The molecule has 0 saturated carbocycles. The number of amides is 1. The third-order valence-corrected chi connectivity index (χ3v) is 3.79. The van der Waals surface area contributed by atoms with Gasteiger partial charge in [-0.05, 0) is 50.0 Å². The van der Waals surface area contributed by atoms with Crippen molar-refractivity contribution in [3.05, 3.63) is 29.6 Å². The second kappa shape index (κ2) is 7.41. The predicted octanol–water partition coefficient (Wildman–Crippen LogP) is 2.30. The Morgan fingerprint density at radius 3 is 2.76 bits per heavy atom. The van der Waals surface area contributed by atoms with E-state index in [0.717, 1.165) is 19.6 Å². The number of methoxy groups -OCH3 is 1. The van der Waals surface area contributed by atoms with Crippen LogP contribution in [0, 0.1) is 11.7 Å². The Kier molecular flexibility index (Phi) is 5.56. The molecule has 2 rings (SSSR count). The number of carbonyl (C=O) groups excluding carboxylic acids is 1. The van der Waals surface area contributed by atoms with Crippen molar-refractivity contribution in [3.63, 3.8) is 0 Å². The minimum absolute atomic E-state index is 0.147. The van der Waals surface area contributed by atoms with Gasteiger partial charge < -0.3 is 15.0 Å². The summed E-state index contributed by atoms with van der Waals surface area (Å²) in [6.07, 6.45) is 2.54. The number of likely N-dealkylation sites (tertiary alicyclic amines) is 1. The van der Waals surface area contributed by atoms with Crippen LogP contribution in [-0.4, -0.2) is 44.1 Å². The van der Waals surface area contributed by atoms with Crippen LogP contribution in [-0.2, 0) is 0 Å². The van der Waals surface area contributed by atoms with E-state index in [2.05, 4.69) is 17.1 Å². The van der Waals surface area contributed by atoms with Crippen molar-refractivity contribution in [1.82, 2.24) is 10.2 Å². The molecule has 0 spiro atoms. The highest BCUT2D eigenvalue weighted by molar-refractivity contribution is 5.94. The Labute approximate surface area is 125 Å². The van der Waals surface area contributed by atoms with Gasteiger partial charge in [-0.2, -0.15) is 0 Å². The zero-order valence-corrected chi connectivity index (χ0v) is 12.7. The molecule has 4 nitrogen and oxygen atoms in total. The van der Waals surface area contributed by atoms with E-state index in [9.17, 15) is 9.18 Å². The van der Waals surface area contributed by atoms with Crippen LogP contribution in [0.2, 0.25) is 0 Å². The number of nitrogens with one attached hydrogen (secondary N) is 1. The van der Waals surface area contributed by atoms with Gasteiger partial charge in [-0.1, -0.05) is 6.92 Å². The van der Waals surface area contributed by atoms with Gasteiger partial charge in [0.25, 0.3) is 5.91 Å². The lowest BCUT2D eigenvalue weighted by Gasteiger charge is -2.20. The first-order chi connectivity index (χ1) is 10.1. The fraction of sp³-hybridized carbons (Fsp3) is 0.562. The van der Waals surface area contributed by atoms with E-state index in [1.165, 1.54) is 32.1 Å². The summed E-state index contributed by atoms with van der Waals surface area (Å²) < 4.78 is 18.4. The summed E-state index contributed by atoms with van der Waals surface area (Å²) in [4.78, 5) is 14.4. The summed E-state index contributed by atoms with van der Waals surface area (Å²) >= 11 is 0. The van der Waals surface area contributed by atoms with E-state index in [1.54, 1.807) is 6.07 Å². The van der Waals surface area contributed by atoms with E-state index in [1.807, 2.05) is 0 Å². The van der Waals surface area contributed by atoms with E-state index >= 15 is 0 Å². The van der Waals surface area contributed by atoms with Gasteiger partial charge in [-0.3, -0.25) is 4.79 Å². The first-order valence-electron chi connectivity index (χ1n) is 7.44. The van der Waals surface area contributed by atoms with E-state index in [0.29, 0.717) is 18.0 Å². The third kappa shape index (κ3) is 4.43. The fourth-order valence-corrected chi connectivity index (χ4v) is 2.65. The number of carbonyl (C=O) groups is 1. The highest BCUT2D eigenvalue weighted by atomic mass is 19.1. The summed E-state index contributed by atoms with van der Waals surface area (Å²) in [5.74, 6) is -0.232. The molecule has 0 aliphatic carbocycles. The van der Waals surface area contributed by atoms with Crippen molar-refractivity contribution >= 4 is 5.91 Å². The lowest BCUT2D eigenvalue weighted by molar-refractivity contribution is 0.0944. The maximum absolute atomic E-state index is 13.6. The summed E-state index contributed by atoms with van der Waals surface area (Å²) in [6, 6.07) is 4.25. The number of ether oxygens (including phenoxy) is 1. The molecule has 1 atom stereocenters. The first-order valence-corrected chi connectivity index (χ1v) is 7.44. The third-order valence-electron chi connectivity index (χ3n) is 3.79. The summed E-state index contributed by atoms with van der Waals surface area (Å²) in [5, 5.41) is 2.86. The molecule has 1 aromatic carbocycles. The Balaban J connectivity index is 1.82. The first kappa shape index (κ1) is 15.8. The van der Waals surface area contributed by atoms with E-state index < -0.39 is 5.82 Å². The summed E-state index contributed by atoms with van der Waals surface area (Å²) in [6.45, 7) is 6.03. The average molecular weight is 294 g/mol. The number of rotatable bonds is 6. The molecule has 1 N–H and O–H groups in total. The van der Waals surface area contributed by atoms with Crippen molar-refractivity contribution < 1.29 is 13.9 Å². The van der Waals surface area contributed by atoms with Gasteiger partial charge in [0.2, 0.25) is 0 Å². The molecule has 1 heterocycles. The summed E-state index contributed by atoms with van der Waals surface area (Å²) in [7, 11) is 1.40. The standard InChI is InChI=1S/C16H23FN2O2/c1-12(11-19-7-3-4-8-19)10-18-16(20)13-5-6-15(21-2)14(17)9-13/h5-6,9,12H,3-4,7-8,10-11H2,1-2H3,(H,18,20). The predicted molar refractivity (Wildman–Crippen MR) is 80.1 cm³/mol. The molecule has 116 valence electrons. The molecule has 1 saturated heterocycles. The molecular formula is C16H23FN2O2. The number of benzene rings is 1. The van der Waals surface area contributed by atoms with Crippen LogP contribution in [0.5, 0.6) is 5.75 Å². The number of halogens is 1. The van der Waals surface area contributed by atoms with Crippen LogP contribution < -0.4 is 10.1 Å². The van der Waals surface area contributed by atoms with Gasteiger partial charge in [-0.25, -0.2) is 4.39 Å². The SMILES string of the molecule is COc1ccc(C(=O)NCC(C)CN2CCCC2)cc1F. The molecule has 21 heavy (non-hydrogen) atoms. The van der Waals surface area contributed by atoms with Crippen LogP contribution in [0.4, 0.5) is 4.39 Å². The number of nitrogens with zero attached hydrogens (tertiary/aromatic N) is 1. The number of hydrogen-bond acceptors (Lipinski definition) is 3. The fourth-order valence-electron chi connectivity index (χ4n) is 2.65. The largest absolute Gasteiger partial charge is 0.494 e. The van der Waals surface area contributed by atoms with Crippen molar-refractivity contribution in [2.45, 2.75) is 19.8 Å². The molecule has 1 aliphatic heterocycles. The lowest BCUT2D eigenvalue weighted by atomic mass is 10.1. The van der Waals surface area contributed by atoms with E-state index in [4.69, 9.17) is 4.74 Å². The van der Waals surface area contributed by atoms with Crippen LogP contribution >= 0.6 is 0 Å². The van der Waals surface area contributed by atoms with Gasteiger partial charge >= 0.3 is 0 Å². The summed E-state index contributed by atoms with van der Waals surface area (Å²) in [5.41, 5.74) is 0.321. The van der Waals surface area contributed by atoms with Crippen LogP contribution in [0.3, 0.4) is 0 Å². The van der Waals surface area contributed by atoms with Gasteiger partial charge in [0, 0.05) is 18.7 Å². The molecule has 1 fully saturated rings. The Bertz CT molecular complexity index is 487. The van der Waals surface area contributed by atoms with Gasteiger partial charge in [0.05, 0.1) is 7.11 Å². The number of hydrogen-bond donors (Lipinski definition) is 1. The molecule has 1 aromatic rings. The molecular weight excluding hydrogens is 271 g/mol. The monoisotopic (exact) mass is 294 g/mol. The minimum atomic E-state index is -0.518.